The Labute approximate surface area is 187 Å². The van der Waals surface area contributed by atoms with Gasteiger partial charge < -0.3 is 30.3 Å². The Morgan fingerprint density at radius 1 is 1.03 bits per heavy atom. The van der Waals surface area contributed by atoms with Gasteiger partial charge in [-0.2, -0.15) is 0 Å². The van der Waals surface area contributed by atoms with Crippen LogP contribution in [0.4, 0.5) is 0 Å². The zero-order valence-electron chi connectivity index (χ0n) is 17.0. The molecule has 170 valence electrons. The zero-order chi connectivity index (χ0) is 23.1. The number of ether oxygens (including phenoxy) is 2. The van der Waals surface area contributed by atoms with E-state index in [0.717, 1.165) is 24.9 Å². The molecule has 32 heavy (non-hydrogen) atoms. The summed E-state index contributed by atoms with van der Waals surface area (Å²) in [6, 6.07) is 5.80. The number of aliphatic carboxylic acids is 2. The quantitative estimate of drug-likeness (QED) is 0.383. The topological polar surface area (TPSA) is 151 Å². The van der Waals surface area contributed by atoms with Gasteiger partial charge in [-0.25, -0.2) is 9.59 Å². The van der Waals surface area contributed by atoms with Crippen LogP contribution in [0.2, 0.25) is 0 Å². The maximum Gasteiger partial charge on any atom is 0.341 e. The van der Waals surface area contributed by atoms with Crippen LogP contribution < -0.4 is 20.1 Å². The molecule has 10 nitrogen and oxygen atoms in total. The summed E-state index contributed by atoms with van der Waals surface area (Å²) in [7, 11) is 0. The molecule has 2 aromatic rings. The van der Waals surface area contributed by atoms with Crippen LogP contribution in [0.3, 0.4) is 0 Å². The van der Waals surface area contributed by atoms with Gasteiger partial charge in [0, 0.05) is 17.0 Å². The van der Waals surface area contributed by atoms with Gasteiger partial charge in [-0.15, -0.1) is 11.3 Å². The van der Waals surface area contributed by atoms with Gasteiger partial charge in [0.15, 0.2) is 30.5 Å². The summed E-state index contributed by atoms with van der Waals surface area (Å²) >= 11 is 1.42. The molecule has 1 aromatic heterocycles. The summed E-state index contributed by atoms with van der Waals surface area (Å²) in [6.45, 7) is 0.0271. The number of fused-ring (bicyclic) bond motifs is 1. The molecule has 11 heteroatoms. The Hall–Kier alpha value is -3.44. The average Bonchev–Trinajstić information content (AvgIpc) is 3.04. The molecule has 0 fully saturated rings. The Balaban J connectivity index is 1.65. The van der Waals surface area contributed by atoms with Crippen LogP contribution >= 0.6 is 11.3 Å². The van der Waals surface area contributed by atoms with Crippen molar-refractivity contribution in [1.82, 2.24) is 10.6 Å². The number of benzene rings is 1. The lowest BCUT2D eigenvalue weighted by atomic mass is 10.1. The fourth-order valence-electron chi connectivity index (χ4n) is 3.08. The summed E-state index contributed by atoms with van der Waals surface area (Å²) in [5, 5.41) is 23.5. The summed E-state index contributed by atoms with van der Waals surface area (Å²) in [6.07, 6.45) is 1.92. The highest BCUT2D eigenvalue weighted by atomic mass is 32.1. The largest absolute Gasteiger partial charge is 0.479 e. The number of carboxylic acids is 2. The molecule has 0 atom stereocenters. The van der Waals surface area contributed by atoms with Gasteiger partial charge in [0.05, 0.1) is 11.4 Å². The predicted molar refractivity (Wildman–Crippen MR) is 114 cm³/mol. The molecule has 0 aliphatic carbocycles. The van der Waals surface area contributed by atoms with Crippen LogP contribution in [0.15, 0.2) is 24.3 Å². The lowest BCUT2D eigenvalue weighted by Gasteiger charge is -2.12. The van der Waals surface area contributed by atoms with E-state index < -0.39 is 30.9 Å². The normalized spacial score (nSPS) is 12.9. The molecule has 0 saturated heterocycles. The third-order valence-electron chi connectivity index (χ3n) is 4.57. The number of carbonyl (C=O) groups excluding carboxylic acids is 2. The second kappa shape index (κ2) is 10.7. The number of aryl methyl sites for hydroxylation is 1. The first-order valence-electron chi connectivity index (χ1n) is 9.80. The number of ketones is 1. The molecule has 1 aliphatic heterocycles. The first kappa shape index (κ1) is 23.2. The monoisotopic (exact) mass is 462 g/mol. The maximum atomic E-state index is 12.6. The van der Waals surface area contributed by atoms with Gasteiger partial charge in [0.1, 0.15) is 0 Å². The van der Waals surface area contributed by atoms with E-state index in [0.29, 0.717) is 11.4 Å². The maximum absolute atomic E-state index is 12.6. The standard InChI is InChI=1S/C21H22N2O8S/c24-14(9-23-21(29)18-7-13-8-22-5-1-2-17(13)32-18)12-3-4-15(30-10-19(25)26)16(6-12)31-11-20(27)28/h3-4,6-7,22H,1-2,5,8-11H2,(H,23,29)(H,25,26)(H,27,28). The van der Waals surface area contributed by atoms with Crippen LogP contribution in [0.1, 0.15) is 36.9 Å². The number of hydrogen-bond donors (Lipinski definition) is 4. The molecule has 3 rings (SSSR count). The molecular formula is C21H22N2O8S. The minimum Gasteiger partial charge on any atom is -0.479 e. The number of rotatable bonds is 10. The summed E-state index contributed by atoms with van der Waals surface area (Å²) in [5.41, 5.74) is 1.25. The van der Waals surface area contributed by atoms with Gasteiger partial charge in [-0.3, -0.25) is 9.59 Å². The predicted octanol–water partition coefficient (Wildman–Crippen LogP) is 1.32. The summed E-state index contributed by atoms with van der Waals surface area (Å²) < 4.78 is 10.2. The Kier molecular flexibility index (Phi) is 7.79. The molecule has 1 aliphatic rings. The van der Waals surface area contributed by atoms with Crippen molar-refractivity contribution in [2.75, 3.05) is 26.3 Å². The fraction of sp³-hybridized carbons (Fsp3) is 0.333. The van der Waals surface area contributed by atoms with Gasteiger partial charge in [0.25, 0.3) is 5.91 Å². The Bertz CT molecular complexity index is 1010. The Morgan fingerprint density at radius 2 is 1.75 bits per heavy atom. The van der Waals surface area contributed by atoms with Crippen molar-refractivity contribution in [3.05, 3.63) is 45.1 Å². The number of amides is 1. The number of carboxylic acid groups (broad SMARTS) is 2. The van der Waals surface area contributed by atoms with Crippen molar-refractivity contribution >= 4 is 35.0 Å². The van der Waals surface area contributed by atoms with Crippen LogP contribution in [0, 0.1) is 0 Å². The average molecular weight is 462 g/mol. The Morgan fingerprint density at radius 3 is 2.47 bits per heavy atom. The SMILES string of the molecule is O=C(O)COc1ccc(C(=O)CNC(=O)c2cc3c(s2)CCCNC3)cc1OCC(=O)O. The van der Waals surface area contributed by atoms with E-state index >= 15 is 0 Å². The molecule has 2 heterocycles. The molecule has 1 aromatic carbocycles. The molecule has 4 N–H and O–H groups in total. The first-order valence-corrected chi connectivity index (χ1v) is 10.6. The minimum atomic E-state index is -1.25. The number of thiophene rings is 1. The van der Waals surface area contributed by atoms with Crippen molar-refractivity contribution in [2.24, 2.45) is 0 Å². The van der Waals surface area contributed by atoms with Crippen LogP contribution in [0.25, 0.3) is 0 Å². The lowest BCUT2D eigenvalue weighted by molar-refractivity contribution is -0.140. The number of nitrogens with one attached hydrogen (secondary N) is 2. The van der Waals surface area contributed by atoms with E-state index in [9.17, 15) is 19.2 Å². The van der Waals surface area contributed by atoms with Crippen molar-refractivity contribution in [2.45, 2.75) is 19.4 Å². The third kappa shape index (κ3) is 6.28. The van der Waals surface area contributed by atoms with E-state index in [1.165, 1.54) is 34.4 Å². The smallest absolute Gasteiger partial charge is 0.341 e. The second-order valence-electron chi connectivity index (χ2n) is 6.97. The minimum absolute atomic E-state index is 0.0112. The van der Waals surface area contributed by atoms with Crippen molar-refractivity contribution in [3.8, 4) is 11.5 Å². The number of carbonyl (C=O) groups is 4. The third-order valence-corrected chi connectivity index (χ3v) is 5.81. The number of hydrogen-bond acceptors (Lipinski definition) is 8. The first-order chi connectivity index (χ1) is 15.3. The summed E-state index contributed by atoms with van der Waals surface area (Å²) in [4.78, 5) is 48.3. The lowest BCUT2D eigenvalue weighted by Crippen LogP contribution is -2.29. The molecule has 0 radical (unpaired) electrons. The van der Waals surface area contributed by atoms with Crippen molar-refractivity contribution < 1.29 is 38.9 Å². The summed E-state index contributed by atoms with van der Waals surface area (Å²) in [5.74, 6) is -3.34. The molecule has 1 amide bonds. The molecule has 0 spiro atoms. The van der Waals surface area contributed by atoms with E-state index in [-0.39, 0.29) is 29.5 Å². The highest BCUT2D eigenvalue weighted by molar-refractivity contribution is 7.14. The highest BCUT2D eigenvalue weighted by Crippen LogP contribution is 2.29. The van der Waals surface area contributed by atoms with E-state index in [1.807, 2.05) is 6.07 Å². The molecule has 0 unspecified atom stereocenters. The van der Waals surface area contributed by atoms with Crippen molar-refractivity contribution in [3.63, 3.8) is 0 Å². The van der Waals surface area contributed by atoms with Gasteiger partial charge in [0.2, 0.25) is 0 Å². The van der Waals surface area contributed by atoms with Crippen LogP contribution in [-0.4, -0.2) is 60.1 Å². The van der Waals surface area contributed by atoms with Crippen LogP contribution in [-0.2, 0) is 22.6 Å². The second-order valence-corrected chi connectivity index (χ2v) is 8.11. The van der Waals surface area contributed by atoms with Gasteiger partial charge in [-0.1, -0.05) is 0 Å². The van der Waals surface area contributed by atoms with Crippen LogP contribution in [0.5, 0.6) is 11.5 Å². The van der Waals surface area contributed by atoms with Crippen molar-refractivity contribution in [1.29, 1.82) is 0 Å². The van der Waals surface area contributed by atoms with E-state index in [4.69, 9.17) is 19.7 Å². The molecular weight excluding hydrogens is 440 g/mol. The van der Waals surface area contributed by atoms with Gasteiger partial charge in [-0.05, 0) is 49.2 Å². The van der Waals surface area contributed by atoms with Gasteiger partial charge >= 0.3 is 11.9 Å². The zero-order valence-corrected chi connectivity index (χ0v) is 17.8. The number of Topliss-reactive ketones (excluding diaryl/α,β-unsaturated/α-hetero) is 1. The molecule has 0 bridgehead atoms. The fourth-order valence-corrected chi connectivity index (χ4v) is 4.22. The van der Waals surface area contributed by atoms with E-state index in [1.54, 1.807) is 0 Å². The molecule has 0 saturated carbocycles. The highest BCUT2D eigenvalue weighted by Gasteiger charge is 2.18. The van der Waals surface area contributed by atoms with E-state index in [2.05, 4.69) is 10.6 Å².